The van der Waals surface area contributed by atoms with Gasteiger partial charge in [0.1, 0.15) is 0 Å². The topological polar surface area (TPSA) is 75.4 Å². The highest BCUT2D eigenvalue weighted by Crippen LogP contribution is 2.21. The normalized spacial score (nSPS) is 16.0. The Balaban J connectivity index is 2.04. The van der Waals surface area contributed by atoms with Crippen LogP contribution >= 0.6 is 0 Å². The quantitative estimate of drug-likeness (QED) is 0.799. The third kappa shape index (κ3) is 3.10. The number of carbonyl (C=O) groups is 2. The highest BCUT2D eigenvalue weighted by molar-refractivity contribution is 6.00. The second kappa shape index (κ2) is 5.94. The van der Waals surface area contributed by atoms with Crippen molar-refractivity contribution in [3.05, 3.63) is 29.3 Å². The molecule has 5 nitrogen and oxygen atoms in total. The van der Waals surface area contributed by atoms with Gasteiger partial charge in [-0.3, -0.25) is 9.59 Å². The minimum absolute atomic E-state index is 0.0122. The Kier molecular flexibility index (Phi) is 4.27. The number of nitrogen functional groups attached to an aromatic ring is 1. The molecule has 1 aromatic rings. The molecule has 0 unspecified atom stereocenters. The van der Waals surface area contributed by atoms with Crippen LogP contribution in [0.1, 0.15) is 35.7 Å². The van der Waals surface area contributed by atoms with Crippen molar-refractivity contribution in [2.75, 3.05) is 18.8 Å². The molecule has 108 valence electrons. The first-order chi connectivity index (χ1) is 9.49. The second-order valence-corrected chi connectivity index (χ2v) is 5.31. The number of nitrogens with zero attached hydrogens (tertiary/aromatic N) is 1. The summed E-state index contributed by atoms with van der Waals surface area (Å²) in [5.74, 6) is -0.0280. The van der Waals surface area contributed by atoms with Crippen molar-refractivity contribution < 1.29 is 9.59 Å². The van der Waals surface area contributed by atoms with Gasteiger partial charge in [-0.1, -0.05) is 12.1 Å². The molecule has 0 aromatic heterocycles. The van der Waals surface area contributed by atoms with E-state index in [-0.39, 0.29) is 17.9 Å². The lowest BCUT2D eigenvalue weighted by atomic mass is 10.0. The van der Waals surface area contributed by atoms with Crippen molar-refractivity contribution in [1.29, 1.82) is 0 Å². The van der Waals surface area contributed by atoms with E-state index in [0.29, 0.717) is 24.3 Å². The summed E-state index contributed by atoms with van der Waals surface area (Å²) in [6, 6.07) is 5.67. The summed E-state index contributed by atoms with van der Waals surface area (Å²) in [6.45, 7) is 4.72. The molecule has 3 N–H and O–H groups in total. The lowest BCUT2D eigenvalue weighted by Gasteiger charge is -2.32. The van der Waals surface area contributed by atoms with Gasteiger partial charge in [0.05, 0.1) is 5.56 Å². The minimum atomic E-state index is -0.0158. The molecule has 1 fully saturated rings. The van der Waals surface area contributed by atoms with Crippen LogP contribution in [0.25, 0.3) is 0 Å². The van der Waals surface area contributed by atoms with Crippen LogP contribution in [-0.4, -0.2) is 35.8 Å². The van der Waals surface area contributed by atoms with Crippen LogP contribution < -0.4 is 11.1 Å². The molecule has 5 heteroatoms. The number of piperidine rings is 1. The van der Waals surface area contributed by atoms with E-state index in [1.807, 2.05) is 24.0 Å². The van der Waals surface area contributed by atoms with Gasteiger partial charge >= 0.3 is 0 Å². The third-order valence-corrected chi connectivity index (χ3v) is 3.71. The van der Waals surface area contributed by atoms with E-state index in [1.54, 1.807) is 6.07 Å². The lowest BCUT2D eigenvalue weighted by Crippen LogP contribution is -2.46. The summed E-state index contributed by atoms with van der Waals surface area (Å²) in [7, 11) is 0. The Bertz CT molecular complexity index is 500. The largest absolute Gasteiger partial charge is 0.398 e. The molecular weight excluding hydrogens is 254 g/mol. The first kappa shape index (κ1) is 14.4. The van der Waals surface area contributed by atoms with Gasteiger partial charge in [0.25, 0.3) is 5.91 Å². The maximum atomic E-state index is 12.5. The number of likely N-dealkylation sites (tertiary alicyclic amines) is 1. The zero-order valence-electron chi connectivity index (χ0n) is 12.0. The van der Waals surface area contributed by atoms with Crippen molar-refractivity contribution >= 4 is 17.5 Å². The molecule has 0 atom stereocenters. The van der Waals surface area contributed by atoms with Gasteiger partial charge in [-0.15, -0.1) is 0 Å². The molecule has 0 spiro atoms. The number of hydrogen-bond donors (Lipinski definition) is 2. The molecular formula is C15H21N3O2. The average Bonchev–Trinajstić information content (AvgIpc) is 2.38. The number of aryl methyl sites for hydroxylation is 1. The van der Waals surface area contributed by atoms with E-state index in [2.05, 4.69) is 5.32 Å². The number of hydrogen-bond acceptors (Lipinski definition) is 3. The fourth-order valence-electron chi connectivity index (χ4n) is 2.66. The van der Waals surface area contributed by atoms with Gasteiger partial charge in [0, 0.05) is 31.7 Å². The molecule has 20 heavy (non-hydrogen) atoms. The van der Waals surface area contributed by atoms with Gasteiger partial charge in [-0.2, -0.15) is 0 Å². The Labute approximate surface area is 119 Å². The summed E-state index contributed by atoms with van der Waals surface area (Å²) in [5, 5.41) is 2.90. The van der Waals surface area contributed by atoms with Crippen LogP contribution in [0.2, 0.25) is 0 Å². The van der Waals surface area contributed by atoms with E-state index >= 15 is 0 Å². The standard InChI is InChI=1S/C15H21N3O2/c1-10-4-3-5-13(16)14(10)15(20)18-8-6-12(7-9-18)17-11(2)19/h3-5,12H,6-9,16H2,1-2H3,(H,17,19). The highest BCUT2D eigenvalue weighted by atomic mass is 16.2. The minimum Gasteiger partial charge on any atom is -0.398 e. The zero-order chi connectivity index (χ0) is 14.7. The zero-order valence-corrected chi connectivity index (χ0v) is 12.0. The molecule has 0 radical (unpaired) electrons. The number of carbonyl (C=O) groups excluding carboxylic acids is 2. The third-order valence-electron chi connectivity index (χ3n) is 3.71. The monoisotopic (exact) mass is 275 g/mol. The summed E-state index contributed by atoms with van der Waals surface area (Å²) < 4.78 is 0. The molecule has 1 saturated heterocycles. The molecule has 0 saturated carbocycles. The van der Waals surface area contributed by atoms with Crippen molar-refractivity contribution in [2.45, 2.75) is 32.7 Å². The first-order valence-electron chi connectivity index (χ1n) is 6.90. The van der Waals surface area contributed by atoms with Gasteiger partial charge in [0.2, 0.25) is 5.91 Å². The van der Waals surface area contributed by atoms with Crippen LogP contribution in [-0.2, 0) is 4.79 Å². The first-order valence-corrected chi connectivity index (χ1v) is 6.90. The fourth-order valence-corrected chi connectivity index (χ4v) is 2.66. The molecule has 2 rings (SSSR count). The maximum absolute atomic E-state index is 12.5. The maximum Gasteiger partial charge on any atom is 0.256 e. The summed E-state index contributed by atoms with van der Waals surface area (Å²) in [4.78, 5) is 25.4. The number of nitrogens with two attached hydrogens (primary N) is 1. The number of benzene rings is 1. The Hall–Kier alpha value is -2.04. The fraction of sp³-hybridized carbons (Fsp3) is 0.467. The van der Waals surface area contributed by atoms with Gasteiger partial charge in [0.15, 0.2) is 0 Å². The van der Waals surface area contributed by atoms with Crippen LogP contribution in [0.15, 0.2) is 18.2 Å². The predicted octanol–water partition coefficient (Wildman–Crippen LogP) is 1.32. The Morgan fingerprint density at radius 1 is 1.30 bits per heavy atom. The molecule has 1 aromatic carbocycles. The smallest absolute Gasteiger partial charge is 0.256 e. The molecule has 2 amide bonds. The summed E-state index contributed by atoms with van der Waals surface area (Å²) >= 11 is 0. The molecule has 1 aliphatic heterocycles. The molecule has 0 aliphatic carbocycles. The van der Waals surface area contributed by atoms with E-state index in [0.717, 1.165) is 18.4 Å². The van der Waals surface area contributed by atoms with Crippen LogP contribution in [0.4, 0.5) is 5.69 Å². The van der Waals surface area contributed by atoms with Crippen molar-refractivity contribution in [3.63, 3.8) is 0 Å². The molecule has 0 bridgehead atoms. The Morgan fingerprint density at radius 2 is 1.95 bits per heavy atom. The van der Waals surface area contributed by atoms with Gasteiger partial charge in [-0.25, -0.2) is 0 Å². The Morgan fingerprint density at radius 3 is 2.50 bits per heavy atom. The number of rotatable bonds is 2. The number of nitrogens with one attached hydrogen (secondary N) is 1. The van der Waals surface area contributed by atoms with Gasteiger partial charge in [-0.05, 0) is 31.4 Å². The molecule has 1 heterocycles. The van der Waals surface area contributed by atoms with Crippen molar-refractivity contribution in [3.8, 4) is 0 Å². The number of amides is 2. The predicted molar refractivity (Wildman–Crippen MR) is 78.3 cm³/mol. The number of anilines is 1. The summed E-state index contributed by atoms with van der Waals surface area (Å²) in [5.41, 5.74) is 7.95. The van der Waals surface area contributed by atoms with Gasteiger partial charge < -0.3 is 16.0 Å². The second-order valence-electron chi connectivity index (χ2n) is 5.31. The van der Waals surface area contributed by atoms with Crippen LogP contribution in [0.5, 0.6) is 0 Å². The van der Waals surface area contributed by atoms with Crippen molar-refractivity contribution in [2.24, 2.45) is 0 Å². The summed E-state index contributed by atoms with van der Waals surface area (Å²) in [6.07, 6.45) is 1.58. The van der Waals surface area contributed by atoms with Crippen molar-refractivity contribution in [1.82, 2.24) is 10.2 Å². The SMILES string of the molecule is CC(=O)NC1CCN(C(=O)c2c(C)cccc2N)CC1. The van der Waals surface area contributed by atoms with Crippen LogP contribution in [0, 0.1) is 6.92 Å². The molecule has 1 aliphatic rings. The van der Waals surface area contributed by atoms with E-state index in [9.17, 15) is 9.59 Å². The highest BCUT2D eigenvalue weighted by Gasteiger charge is 2.25. The van der Waals surface area contributed by atoms with Crippen LogP contribution in [0.3, 0.4) is 0 Å². The van der Waals surface area contributed by atoms with E-state index < -0.39 is 0 Å². The van der Waals surface area contributed by atoms with E-state index in [4.69, 9.17) is 5.73 Å². The average molecular weight is 275 g/mol. The van der Waals surface area contributed by atoms with E-state index in [1.165, 1.54) is 6.92 Å². The lowest BCUT2D eigenvalue weighted by molar-refractivity contribution is -0.119.